The zero-order valence-corrected chi connectivity index (χ0v) is 8.06. The van der Waals surface area contributed by atoms with Gasteiger partial charge in [-0.15, -0.1) is 0 Å². The third kappa shape index (κ3) is 1.90. The lowest BCUT2D eigenvalue weighted by Gasteiger charge is -2.00. The molecule has 0 aliphatic rings. The molecule has 4 nitrogen and oxygen atoms in total. The Morgan fingerprint density at radius 3 is 3.14 bits per heavy atom. The minimum Gasteiger partial charge on any atom is -0.330 e. The number of aromatic nitrogens is 3. The highest BCUT2D eigenvalue weighted by Gasteiger charge is 1.97. The van der Waals surface area contributed by atoms with E-state index < -0.39 is 0 Å². The van der Waals surface area contributed by atoms with E-state index in [1.165, 1.54) is 5.56 Å². The molecule has 0 saturated carbocycles. The van der Waals surface area contributed by atoms with Gasteiger partial charge in [-0.2, -0.15) is 5.10 Å². The fourth-order valence-corrected chi connectivity index (χ4v) is 1.45. The Morgan fingerprint density at radius 2 is 2.29 bits per heavy atom. The second kappa shape index (κ2) is 4.19. The number of hydrogen-bond acceptors (Lipinski definition) is 3. The summed E-state index contributed by atoms with van der Waals surface area (Å²) < 4.78 is 1.80. The molecule has 2 aromatic heterocycles. The lowest BCUT2D eigenvalue weighted by molar-refractivity contribution is 0.737. The molecule has 2 rings (SSSR count). The molecule has 4 heteroatoms. The van der Waals surface area contributed by atoms with Crippen LogP contribution in [0, 0.1) is 0 Å². The average molecular weight is 190 g/mol. The van der Waals surface area contributed by atoms with Crippen LogP contribution in [0.2, 0.25) is 0 Å². The summed E-state index contributed by atoms with van der Waals surface area (Å²) in [4.78, 5) is 4.29. The van der Waals surface area contributed by atoms with Crippen molar-refractivity contribution in [1.82, 2.24) is 14.6 Å². The van der Waals surface area contributed by atoms with Gasteiger partial charge in [0.05, 0.1) is 6.20 Å². The largest absolute Gasteiger partial charge is 0.330 e. The third-order valence-electron chi connectivity index (χ3n) is 2.22. The summed E-state index contributed by atoms with van der Waals surface area (Å²) in [5.41, 5.74) is 7.55. The van der Waals surface area contributed by atoms with Crippen LogP contribution in [0.25, 0.3) is 5.65 Å². The van der Waals surface area contributed by atoms with Crippen LogP contribution < -0.4 is 5.73 Å². The normalized spacial score (nSPS) is 10.9. The van der Waals surface area contributed by atoms with Gasteiger partial charge >= 0.3 is 0 Å². The van der Waals surface area contributed by atoms with Gasteiger partial charge < -0.3 is 5.73 Å². The number of rotatable bonds is 4. The van der Waals surface area contributed by atoms with E-state index in [2.05, 4.69) is 10.1 Å². The Balaban J connectivity index is 2.10. The summed E-state index contributed by atoms with van der Waals surface area (Å²) in [7, 11) is 0. The number of unbranched alkanes of at least 4 members (excludes halogenated alkanes) is 1. The second-order valence-corrected chi connectivity index (χ2v) is 3.34. The van der Waals surface area contributed by atoms with Crippen molar-refractivity contribution in [3.05, 3.63) is 30.2 Å². The Bertz CT molecular complexity index is 407. The van der Waals surface area contributed by atoms with Gasteiger partial charge in [-0.1, -0.05) is 0 Å². The molecule has 0 saturated heterocycles. The topological polar surface area (TPSA) is 56.2 Å². The summed E-state index contributed by atoms with van der Waals surface area (Å²) in [6, 6.07) is 1.89. The van der Waals surface area contributed by atoms with Crippen LogP contribution in [0.4, 0.5) is 0 Å². The van der Waals surface area contributed by atoms with Crippen molar-refractivity contribution in [1.29, 1.82) is 0 Å². The van der Waals surface area contributed by atoms with Crippen LogP contribution in [0.15, 0.2) is 24.7 Å². The van der Waals surface area contributed by atoms with Gasteiger partial charge in [-0.3, -0.25) is 0 Å². The quantitative estimate of drug-likeness (QED) is 0.732. The first-order chi connectivity index (χ1) is 6.90. The molecule has 0 aliphatic heterocycles. The van der Waals surface area contributed by atoms with E-state index in [1.54, 1.807) is 10.7 Å². The zero-order valence-electron chi connectivity index (χ0n) is 8.06. The van der Waals surface area contributed by atoms with Crippen molar-refractivity contribution >= 4 is 5.65 Å². The molecule has 0 bridgehead atoms. The van der Waals surface area contributed by atoms with Gasteiger partial charge in [0.15, 0.2) is 5.65 Å². The summed E-state index contributed by atoms with van der Waals surface area (Å²) in [6.07, 6.45) is 8.90. The molecule has 14 heavy (non-hydrogen) atoms. The predicted molar refractivity (Wildman–Crippen MR) is 55.0 cm³/mol. The molecule has 2 heterocycles. The fraction of sp³-hybridized carbons (Fsp3) is 0.400. The number of nitrogens with zero attached hydrogens (tertiary/aromatic N) is 3. The molecule has 0 atom stereocenters. The molecule has 0 radical (unpaired) electrons. The molecule has 0 unspecified atom stereocenters. The Labute approximate surface area is 82.8 Å². The molecular weight excluding hydrogens is 176 g/mol. The monoisotopic (exact) mass is 190 g/mol. The van der Waals surface area contributed by atoms with Crippen molar-refractivity contribution in [3.63, 3.8) is 0 Å². The van der Waals surface area contributed by atoms with Crippen LogP contribution >= 0.6 is 0 Å². The first-order valence-corrected chi connectivity index (χ1v) is 4.88. The first kappa shape index (κ1) is 9.15. The smallest absolute Gasteiger partial charge is 0.154 e. The van der Waals surface area contributed by atoms with Crippen molar-refractivity contribution in [2.24, 2.45) is 5.73 Å². The van der Waals surface area contributed by atoms with E-state index >= 15 is 0 Å². The van der Waals surface area contributed by atoms with Gasteiger partial charge in [-0.05, 0) is 31.4 Å². The Hall–Kier alpha value is -1.42. The molecular formula is C10H14N4. The van der Waals surface area contributed by atoms with Gasteiger partial charge in [0.1, 0.15) is 0 Å². The highest BCUT2D eigenvalue weighted by molar-refractivity contribution is 5.35. The standard InChI is InChI=1S/C10H14N4/c11-5-2-1-3-9-7-12-10-4-6-13-14(10)8-9/h4,6-8H,1-3,5,11H2. The highest BCUT2D eigenvalue weighted by Crippen LogP contribution is 2.05. The van der Waals surface area contributed by atoms with Crippen LogP contribution in [0.5, 0.6) is 0 Å². The number of nitrogens with two attached hydrogens (primary N) is 1. The van der Waals surface area contributed by atoms with Crippen molar-refractivity contribution in [2.75, 3.05) is 6.54 Å². The van der Waals surface area contributed by atoms with E-state index in [0.717, 1.165) is 31.5 Å². The molecule has 2 aromatic rings. The van der Waals surface area contributed by atoms with Crippen LogP contribution in [-0.2, 0) is 6.42 Å². The number of fused-ring (bicyclic) bond motifs is 1. The maximum absolute atomic E-state index is 5.43. The number of aryl methyl sites for hydroxylation is 1. The molecule has 2 N–H and O–H groups in total. The van der Waals surface area contributed by atoms with Crippen LogP contribution in [0.1, 0.15) is 18.4 Å². The van der Waals surface area contributed by atoms with Crippen LogP contribution in [0.3, 0.4) is 0 Å². The summed E-state index contributed by atoms with van der Waals surface area (Å²) in [6.45, 7) is 0.761. The van der Waals surface area contributed by atoms with E-state index in [-0.39, 0.29) is 0 Å². The molecule has 0 amide bonds. The van der Waals surface area contributed by atoms with Crippen molar-refractivity contribution in [2.45, 2.75) is 19.3 Å². The van der Waals surface area contributed by atoms with Gasteiger partial charge in [0, 0.05) is 18.5 Å². The van der Waals surface area contributed by atoms with Crippen molar-refractivity contribution in [3.8, 4) is 0 Å². The summed E-state index contributed by atoms with van der Waals surface area (Å²) in [5, 5.41) is 4.14. The zero-order chi connectivity index (χ0) is 9.80. The molecule has 0 spiro atoms. The number of hydrogen-bond donors (Lipinski definition) is 1. The third-order valence-corrected chi connectivity index (χ3v) is 2.22. The summed E-state index contributed by atoms with van der Waals surface area (Å²) >= 11 is 0. The maximum atomic E-state index is 5.43. The van der Waals surface area contributed by atoms with Crippen molar-refractivity contribution < 1.29 is 0 Å². The Kier molecular flexibility index (Phi) is 2.74. The molecule has 0 aromatic carbocycles. The average Bonchev–Trinajstić information content (AvgIpc) is 2.65. The van der Waals surface area contributed by atoms with E-state index in [1.807, 2.05) is 18.5 Å². The van der Waals surface area contributed by atoms with Crippen LogP contribution in [-0.4, -0.2) is 21.1 Å². The molecule has 0 aliphatic carbocycles. The Morgan fingerprint density at radius 1 is 1.36 bits per heavy atom. The fourth-order valence-electron chi connectivity index (χ4n) is 1.45. The van der Waals surface area contributed by atoms with E-state index in [4.69, 9.17) is 5.73 Å². The van der Waals surface area contributed by atoms with Gasteiger partial charge in [0.25, 0.3) is 0 Å². The first-order valence-electron chi connectivity index (χ1n) is 4.88. The van der Waals surface area contributed by atoms with Gasteiger partial charge in [-0.25, -0.2) is 9.50 Å². The minimum absolute atomic E-state index is 0.761. The lowest BCUT2D eigenvalue weighted by atomic mass is 10.1. The predicted octanol–water partition coefficient (Wildman–Crippen LogP) is 1.01. The molecule has 0 fully saturated rings. The van der Waals surface area contributed by atoms with E-state index in [9.17, 15) is 0 Å². The van der Waals surface area contributed by atoms with E-state index in [0.29, 0.717) is 0 Å². The maximum Gasteiger partial charge on any atom is 0.154 e. The summed E-state index contributed by atoms with van der Waals surface area (Å²) in [5.74, 6) is 0. The minimum atomic E-state index is 0.761. The molecule has 74 valence electrons. The lowest BCUT2D eigenvalue weighted by Crippen LogP contribution is -2.00. The second-order valence-electron chi connectivity index (χ2n) is 3.34. The SMILES string of the molecule is NCCCCc1cnc2ccnn2c1. The highest BCUT2D eigenvalue weighted by atomic mass is 15.2. The van der Waals surface area contributed by atoms with Gasteiger partial charge in [0.2, 0.25) is 0 Å².